The summed E-state index contributed by atoms with van der Waals surface area (Å²) >= 11 is 6.27. The largest absolute Gasteiger partial charge is 0.487 e. The number of hydrogen-bond acceptors (Lipinski definition) is 5. The number of rotatable bonds is 7. The number of nitro groups is 1. The van der Waals surface area contributed by atoms with Gasteiger partial charge in [-0.15, -0.1) is 0 Å². The Morgan fingerprint density at radius 3 is 2.63 bits per heavy atom. The summed E-state index contributed by atoms with van der Waals surface area (Å²) in [6.07, 6.45) is 1.58. The Hall–Kier alpha value is -3.38. The summed E-state index contributed by atoms with van der Waals surface area (Å²) in [5.74, 6) is 0.587. The molecule has 0 aliphatic heterocycles. The molecule has 0 aliphatic carbocycles. The molecule has 27 heavy (non-hydrogen) atoms. The van der Waals surface area contributed by atoms with Gasteiger partial charge >= 0.3 is 0 Å². The zero-order chi connectivity index (χ0) is 19.1. The van der Waals surface area contributed by atoms with Crippen LogP contribution in [0.4, 0.5) is 11.4 Å². The van der Waals surface area contributed by atoms with Crippen molar-refractivity contribution in [3.05, 3.63) is 99.1 Å². The second-order valence-electron chi connectivity index (χ2n) is 5.64. The lowest BCUT2D eigenvalue weighted by molar-refractivity contribution is -0.384. The molecule has 0 radical (unpaired) electrons. The summed E-state index contributed by atoms with van der Waals surface area (Å²) in [6.45, 7) is 0.433. The first-order valence-electron chi connectivity index (χ1n) is 8.11. The van der Waals surface area contributed by atoms with Gasteiger partial charge in [0.15, 0.2) is 0 Å². The quantitative estimate of drug-likeness (QED) is 0.343. The maximum atomic E-state index is 10.8. The monoisotopic (exact) mass is 381 g/mol. The molecular formula is C20H16ClN3O3. The third-order valence-corrected chi connectivity index (χ3v) is 3.95. The molecule has 0 atom stereocenters. The Labute approximate surface area is 161 Å². The van der Waals surface area contributed by atoms with E-state index in [0.29, 0.717) is 23.1 Å². The first kappa shape index (κ1) is 18.4. The fourth-order valence-corrected chi connectivity index (χ4v) is 2.56. The van der Waals surface area contributed by atoms with Crippen LogP contribution in [0.3, 0.4) is 0 Å². The standard InChI is InChI=1S/C20H16ClN3O3/c21-19-11-16(9-10-20(19)27-14-15-5-2-1-3-6-15)13-22-23-17-7-4-8-18(12-17)24(25)26/h1-13,23H,14H2. The molecule has 0 bridgehead atoms. The molecule has 3 rings (SSSR count). The molecule has 136 valence electrons. The van der Waals surface area contributed by atoms with Gasteiger partial charge in [-0.25, -0.2) is 0 Å². The molecule has 1 N–H and O–H groups in total. The number of nitro benzene ring substituents is 1. The van der Waals surface area contributed by atoms with E-state index in [9.17, 15) is 10.1 Å². The highest BCUT2D eigenvalue weighted by Gasteiger charge is 2.05. The van der Waals surface area contributed by atoms with Crippen molar-refractivity contribution in [3.8, 4) is 5.75 Å². The lowest BCUT2D eigenvalue weighted by Gasteiger charge is -2.08. The number of hydrogen-bond donors (Lipinski definition) is 1. The van der Waals surface area contributed by atoms with Crippen molar-refractivity contribution in [1.82, 2.24) is 0 Å². The molecule has 0 spiro atoms. The number of anilines is 1. The Bertz CT molecular complexity index is 962. The molecule has 0 unspecified atom stereocenters. The molecular weight excluding hydrogens is 366 g/mol. The summed E-state index contributed by atoms with van der Waals surface area (Å²) in [5, 5.41) is 15.3. The van der Waals surface area contributed by atoms with Crippen LogP contribution in [-0.4, -0.2) is 11.1 Å². The molecule has 0 fully saturated rings. The summed E-state index contributed by atoms with van der Waals surface area (Å²) in [7, 11) is 0. The van der Waals surface area contributed by atoms with Crippen LogP contribution >= 0.6 is 11.6 Å². The van der Waals surface area contributed by atoms with Crippen molar-refractivity contribution < 1.29 is 9.66 Å². The molecule has 7 heteroatoms. The lowest BCUT2D eigenvalue weighted by Crippen LogP contribution is -1.96. The average molecular weight is 382 g/mol. The van der Waals surface area contributed by atoms with Crippen molar-refractivity contribution in [2.75, 3.05) is 5.43 Å². The zero-order valence-corrected chi connectivity index (χ0v) is 15.0. The van der Waals surface area contributed by atoms with Crippen LogP contribution in [0.5, 0.6) is 5.75 Å². The Balaban J connectivity index is 1.61. The minimum Gasteiger partial charge on any atom is -0.487 e. The Morgan fingerprint density at radius 2 is 1.89 bits per heavy atom. The third-order valence-electron chi connectivity index (χ3n) is 3.66. The van der Waals surface area contributed by atoms with Crippen LogP contribution in [0.2, 0.25) is 5.02 Å². The maximum absolute atomic E-state index is 10.8. The first-order chi connectivity index (χ1) is 13.1. The van der Waals surface area contributed by atoms with Gasteiger partial charge in [-0.1, -0.05) is 48.0 Å². The fraction of sp³-hybridized carbons (Fsp3) is 0.0500. The highest BCUT2D eigenvalue weighted by atomic mass is 35.5. The number of hydrazone groups is 1. The van der Waals surface area contributed by atoms with Gasteiger partial charge in [0.25, 0.3) is 5.69 Å². The minimum absolute atomic E-state index is 0.00170. The summed E-state index contributed by atoms with van der Waals surface area (Å²) in [4.78, 5) is 10.3. The zero-order valence-electron chi connectivity index (χ0n) is 14.2. The van der Waals surface area contributed by atoms with Gasteiger partial charge in [0, 0.05) is 12.1 Å². The Kier molecular flexibility index (Phi) is 6.02. The highest BCUT2D eigenvalue weighted by molar-refractivity contribution is 6.32. The van der Waals surface area contributed by atoms with Crippen LogP contribution < -0.4 is 10.2 Å². The van der Waals surface area contributed by atoms with E-state index in [0.717, 1.165) is 11.1 Å². The van der Waals surface area contributed by atoms with Crippen LogP contribution in [0.1, 0.15) is 11.1 Å². The molecule has 3 aromatic carbocycles. The lowest BCUT2D eigenvalue weighted by atomic mass is 10.2. The van der Waals surface area contributed by atoms with E-state index >= 15 is 0 Å². The normalized spacial score (nSPS) is 10.7. The molecule has 0 heterocycles. The molecule has 0 aromatic heterocycles. The van der Waals surface area contributed by atoms with E-state index in [2.05, 4.69) is 10.5 Å². The van der Waals surface area contributed by atoms with Gasteiger partial charge in [0.05, 0.1) is 21.8 Å². The van der Waals surface area contributed by atoms with Gasteiger partial charge in [-0.05, 0) is 35.4 Å². The minimum atomic E-state index is -0.456. The number of benzene rings is 3. The van der Waals surface area contributed by atoms with Gasteiger partial charge in [0.2, 0.25) is 0 Å². The predicted octanol–water partition coefficient (Wildman–Crippen LogP) is 5.27. The number of nitrogens with zero attached hydrogens (tertiary/aromatic N) is 2. The molecule has 0 saturated heterocycles. The molecule has 0 aliphatic rings. The van der Waals surface area contributed by atoms with Crippen molar-refractivity contribution in [2.45, 2.75) is 6.61 Å². The Morgan fingerprint density at radius 1 is 1.07 bits per heavy atom. The number of nitrogens with one attached hydrogen (secondary N) is 1. The average Bonchev–Trinajstić information content (AvgIpc) is 2.68. The van der Waals surface area contributed by atoms with Crippen LogP contribution in [-0.2, 0) is 6.61 Å². The number of ether oxygens (including phenoxy) is 1. The molecule has 6 nitrogen and oxygen atoms in total. The topological polar surface area (TPSA) is 76.8 Å². The van der Waals surface area contributed by atoms with Gasteiger partial charge in [0.1, 0.15) is 12.4 Å². The highest BCUT2D eigenvalue weighted by Crippen LogP contribution is 2.26. The second kappa shape index (κ2) is 8.82. The number of halogens is 1. The van der Waals surface area contributed by atoms with Crippen molar-refractivity contribution in [3.63, 3.8) is 0 Å². The van der Waals surface area contributed by atoms with Gasteiger partial charge in [-0.2, -0.15) is 5.10 Å². The van der Waals surface area contributed by atoms with Gasteiger partial charge in [-0.3, -0.25) is 15.5 Å². The summed E-state index contributed by atoms with van der Waals surface area (Å²) < 4.78 is 5.73. The van der Waals surface area contributed by atoms with Crippen LogP contribution in [0.15, 0.2) is 77.9 Å². The SMILES string of the molecule is O=[N+]([O-])c1cccc(NN=Cc2ccc(OCc3ccccc3)c(Cl)c2)c1. The maximum Gasteiger partial charge on any atom is 0.271 e. The summed E-state index contributed by atoms with van der Waals surface area (Å²) in [6, 6.07) is 21.3. The van der Waals surface area contributed by atoms with Crippen LogP contribution in [0, 0.1) is 10.1 Å². The first-order valence-corrected chi connectivity index (χ1v) is 8.49. The molecule has 3 aromatic rings. The van der Waals surface area contributed by atoms with Gasteiger partial charge < -0.3 is 4.74 Å². The summed E-state index contributed by atoms with van der Waals surface area (Å²) in [5.41, 5.74) is 5.11. The molecule has 0 saturated carbocycles. The van der Waals surface area contributed by atoms with Crippen molar-refractivity contribution >= 4 is 29.2 Å². The second-order valence-corrected chi connectivity index (χ2v) is 6.05. The smallest absolute Gasteiger partial charge is 0.271 e. The van der Waals surface area contributed by atoms with Crippen molar-refractivity contribution in [2.24, 2.45) is 5.10 Å². The van der Waals surface area contributed by atoms with E-state index in [1.165, 1.54) is 12.1 Å². The third kappa shape index (κ3) is 5.29. The predicted molar refractivity (Wildman–Crippen MR) is 107 cm³/mol. The van der Waals surface area contributed by atoms with E-state index < -0.39 is 4.92 Å². The van der Waals surface area contributed by atoms with E-state index in [1.54, 1.807) is 30.5 Å². The van der Waals surface area contributed by atoms with E-state index in [1.807, 2.05) is 36.4 Å². The molecule has 0 amide bonds. The van der Waals surface area contributed by atoms with E-state index in [4.69, 9.17) is 16.3 Å². The fourth-order valence-electron chi connectivity index (χ4n) is 2.32. The van der Waals surface area contributed by atoms with E-state index in [-0.39, 0.29) is 5.69 Å². The van der Waals surface area contributed by atoms with Crippen LogP contribution in [0.25, 0.3) is 0 Å². The van der Waals surface area contributed by atoms with Crippen molar-refractivity contribution in [1.29, 1.82) is 0 Å². The number of non-ortho nitro benzene ring substituents is 1.